The van der Waals surface area contributed by atoms with Gasteiger partial charge in [0, 0.05) is 10.6 Å². The topological polar surface area (TPSA) is 63.2 Å². The second kappa shape index (κ2) is 8.22. The van der Waals surface area contributed by atoms with E-state index in [1.165, 1.54) is 18.2 Å². The van der Waals surface area contributed by atoms with Gasteiger partial charge in [0.1, 0.15) is 5.82 Å². The number of anilines is 1. The largest absolute Gasteiger partial charge is 0.325 e. The Kier molecular flexibility index (Phi) is 5.98. The van der Waals surface area contributed by atoms with E-state index in [0.717, 1.165) is 24.6 Å². The predicted molar refractivity (Wildman–Crippen MR) is 102 cm³/mol. The zero-order chi connectivity index (χ0) is 18.6. The first-order valence-electron chi connectivity index (χ1n) is 8.48. The van der Waals surface area contributed by atoms with Crippen molar-refractivity contribution in [1.82, 2.24) is 0 Å². The van der Waals surface area contributed by atoms with Gasteiger partial charge in [-0.15, -0.1) is 11.8 Å². The number of halogens is 1. The van der Waals surface area contributed by atoms with Gasteiger partial charge < -0.3 is 5.32 Å². The third-order valence-corrected chi connectivity index (χ3v) is 7.73. The van der Waals surface area contributed by atoms with E-state index in [1.807, 2.05) is 0 Å². The number of hydrogen-bond donors (Lipinski definition) is 1. The molecule has 1 amide bonds. The summed E-state index contributed by atoms with van der Waals surface area (Å²) in [4.78, 5) is 12.7. The molecule has 0 spiro atoms. The summed E-state index contributed by atoms with van der Waals surface area (Å²) in [5.41, 5.74) is 0.523. The highest BCUT2D eigenvalue weighted by atomic mass is 32.2. The number of rotatable bonds is 6. The Hall–Kier alpha value is -1.86. The highest BCUT2D eigenvalue weighted by Gasteiger charge is 2.30. The van der Waals surface area contributed by atoms with Crippen LogP contribution < -0.4 is 5.32 Å². The van der Waals surface area contributed by atoms with Gasteiger partial charge in [-0.25, -0.2) is 12.8 Å². The van der Waals surface area contributed by atoms with E-state index in [0.29, 0.717) is 28.3 Å². The van der Waals surface area contributed by atoms with Crippen LogP contribution in [-0.2, 0) is 14.6 Å². The highest BCUT2D eigenvalue weighted by Crippen LogP contribution is 2.30. The number of thioether (sulfide) groups is 1. The van der Waals surface area contributed by atoms with Crippen LogP contribution in [0.4, 0.5) is 10.1 Å². The molecule has 1 saturated carbocycles. The molecule has 1 aliphatic rings. The van der Waals surface area contributed by atoms with Crippen molar-refractivity contribution in [3.63, 3.8) is 0 Å². The Morgan fingerprint density at radius 2 is 1.73 bits per heavy atom. The summed E-state index contributed by atoms with van der Waals surface area (Å²) in [6.07, 6.45) is 3.34. The Balaban J connectivity index is 1.58. The summed E-state index contributed by atoms with van der Waals surface area (Å²) in [6.45, 7) is 0. The maximum atomic E-state index is 13.5. The monoisotopic (exact) mass is 393 g/mol. The van der Waals surface area contributed by atoms with Gasteiger partial charge in [0.05, 0.1) is 15.9 Å². The fraction of sp³-hybridized carbons (Fsp3) is 0.316. The number of hydrogen-bond acceptors (Lipinski definition) is 4. The Bertz CT molecular complexity index is 876. The molecule has 3 rings (SSSR count). The van der Waals surface area contributed by atoms with Gasteiger partial charge in [0.2, 0.25) is 5.91 Å². The average Bonchev–Trinajstić information content (AvgIpc) is 3.17. The molecule has 4 nitrogen and oxygen atoms in total. The van der Waals surface area contributed by atoms with Gasteiger partial charge in [0.25, 0.3) is 0 Å². The van der Waals surface area contributed by atoms with Crippen molar-refractivity contribution in [1.29, 1.82) is 0 Å². The van der Waals surface area contributed by atoms with Gasteiger partial charge in [0.15, 0.2) is 9.84 Å². The van der Waals surface area contributed by atoms with Crippen LogP contribution in [0.5, 0.6) is 0 Å². The molecule has 2 aromatic carbocycles. The summed E-state index contributed by atoms with van der Waals surface area (Å²) in [5.74, 6) is -0.556. The van der Waals surface area contributed by atoms with Gasteiger partial charge in [-0.05, 0) is 49.2 Å². The van der Waals surface area contributed by atoms with Crippen molar-refractivity contribution in [2.45, 2.75) is 40.7 Å². The molecule has 0 saturated heterocycles. The van der Waals surface area contributed by atoms with Crippen molar-refractivity contribution in [3.8, 4) is 0 Å². The van der Waals surface area contributed by atoms with E-state index in [2.05, 4.69) is 5.32 Å². The molecule has 1 aliphatic carbocycles. The SMILES string of the molecule is O=C(CSc1ccccc1F)Nc1ccc(S(=O)(=O)C2CCCC2)cc1. The standard InChI is InChI=1S/C19H20FNO3S2/c20-17-7-3-4-8-18(17)25-13-19(22)21-14-9-11-16(12-10-14)26(23,24)15-5-1-2-6-15/h3-4,7-12,15H,1-2,5-6,13H2,(H,21,22). The number of benzene rings is 2. The first kappa shape index (κ1) is 18.9. The Morgan fingerprint density at radius 1 is 1.08 bits per heavy atom. The lowest BCUT2D eigenvalue weighted by Gasteiger charge is -2.12. The van der Waals surface area contributed by atoms with Gasteiger partial charge in [-0.2, -0.15) is 0 Å². The van der Waals surface area contributed by atoms with E-state index in [1.54, 1.807) is 30.3 Å². The lowest BCUT2D eigenvalue weighted by atomic mass is 10.3. The number of carbonyl (C=O) groups is 1. The van der Waals surface area contributed by atoms with Crippen LogP contribution in [0.1, 0.15) is 25.7 Å². The summed E-state index contributed by atoms with van der Waals surface area (Å²) in [7, 11) is -3.29. The van der Waals surface area contributed by atoms with Crippen molar-refractivity contribution in [2.24, 2.45) is 0 Å². The van der Waals surface area contributed by atoms with E-state index in [4.69, 9.17) is 0 Å². The smallest absolute Gasteiger partial charge is 0.234 e. The third-order valence-electron chi connectivity index (χ3n) is 4.40. The number of carbonyl (C=O) groups excluding carboxylic acids is 1. The molecule has 7 heteroatoms. The van der Waals surface area contributed by atoms with E-state index < -0.39 is 9.84 Å². The minimum atomic E-state index is -3.29. The number of nitrogens with one attached hydrogen (secondary N) is 1. The molecule has 0 radical (unpaired) electrons. The third kappa shape index (κ3) is 4.45. The van der Waals surface area contributed by atoms with Crippen LogP contribution in [0.15, 0.2) is 58.3 Å². The molecular weight excluding hydrogens is 373 g/mol. The van der Waals surface area contributed by atoms with Crippen molar-refractivity contribution in [3.05, 3.63) is 54.3 Å². The molecule has 0 atom stereocenters. The molecule has 0 unspecified atom stereocenters. The van der Waals surface area contributed by atoms with Crippen LogP contribution >= 0.6 is 11.8 Å². The maximum absolute atomic E-state index is 13.5. The van der Waals surface area contributed by atoms with Gasteiger partial charge in [-0.3, -0.25) is 4.79 Å². The summed E-state index contributed by atoms with van der Waals surface area (Å²) in [5, 5.41) is 2.41. The molecule has 0 aromatic heterocycles. The fourth-order valence-electron chi connectivity index (χ4n) is 3.02. The Labute approximate surface area is 157 Å². The zero-order valence-corrected chi connectivity index (χ0v) is 15.8. The molecule has 2 aromatic rings. The quantitative estimate of drug-likeness (QED) is 0.745. The Morgan fingerprint density at radius 3 is 2.38 bits per heavy atom. The summed E-state index contributed by atoms with van der Waals surface area (Å²) < 4.78 is 38.6. The molecule has 1 fully saturated rings. The summed E-state index contributed by atoms with van der Waals surface area (Å²) in [6, 6.07) is 12.5. The second-order valence-electron chi connectivity index (χ2n) is 6.24. The molecule has 138 valence electrons. The molecule has 26 heavy (non-hydrogen) atoms. The lowest BCUT2D eigenvalue weighted by Crippen LogP contribution is -2.18. The summed E-state index contributed by atoms with van der Waals surface area (Å²) >= 11 is 1.12. The van der Waals surface area contributed by atoms with E-state index in [9.17, 15) is 17.6 Å². The van der Waals surface area contributed by atoms with E-state index in [-0.39, 0.29) is 22.7 Å². The van der Waals surface area contributed by atoms with Gasteiger partial charge >= 0.3 is 0 Å². The maximum Gasteiger partial charge on any atom is 0.234 e. The van der Waals surface area contributed by atoms with Crippen LogP contribution in [0.25, 0.3) is 0 Å². The predicted octanol–water partition coefficient (Wildman–Crippen LogP) is 4.27. The van der Waals surface area contributed by atoms with E-state index >= 15 is 0 Å². The van der Waals surface area contributed by atoms with Crippen LogP contribution in [0.2, 0.25) is 0 Å². The normalized spacial score (nSPS) is 15.1. The lowest BCUT2D eigenvalue weighted by molar-refractivity contribution is -0.113. The van der Waals surface area contributed by atoms with Crippen molar-refractivity contribution >= 4 is 33.2 Å². The second-order valence-corrected chi connectivity index (χ2v) is 9.49. The number of sulfone groups is 1. The molecule has 1 N–H and O–H groups in total. The first-order chi connectivity index (χ1) is 12.5. The number of amides is 1. The zero-order valence-electron chi connectivity index (χ0n) is 14.2. The van der Waals surface area contributed by atoms with Crippen LogP contribution in [-0.4, -0.2) is 25.3 Å². The van der Waals surface area contributed by atoms with Gasteiger partial charge in [-0.1, -0.05) is 25.0 Å². The van der Waals surface area contributed by atoms with Crippen molar-refractivity contribution < 1.29 is 17.6 Å². The molecule has 0 aliphatic heterocycles. The minimum Gasteiger partial charge on any atom is -0.325 e. The average molecular weight is 394 g/mol. The van der Waals surface area contributed by atoms with Crippen molar-refractivity contribution in [2.75, 3.05) is 11.1 Å². The van der Waals surface area contributed by atoms with Crippen LogP contribution in [0, 0.1) is 5.82 Å². The molecule has 0 heterocycles. The van der Waals surface area contributed by atoms with Crippen LogP contribution in [0.3, 0.4) is 0 Å². The molecule has 0 bridgehead atoms. The fourth-order valence-corrected chi connectivity index (χ4v) is 5.61. The minimum absolute atomic E-state index is 0.0725. The molecular formula is C19H20FNO3S2. The first-order valence-corrected chi connectivity index (χ1v) is 11.0. The highest BCUT2D eigenvalue weighted by molar-refractivity contribution is 8.00.